The molecule has 0 aromatic rings. The van der Waals surface area contributed by atoms with Gasteiger partial charge < -0.3 is 15.3 Å². The Morgan fingerprint density at radius 3 is 2.09 bits per heavy atom. The van der Waals surface area contributed by atoms with Crippen molar-refractivity contribution >= 4 is 5.97 Å². The van der Waals surface area contributed by atoms with Crippen LogP contribution in [0.3, 0.4) is 0 Å². The summed E-state index contributed by atoms with van der Waals surface area (Å²) < 4.78 is 0. The lowest BCUT2D eigenvalue weighted by Crippen LogP contribution is -2.35. The van der Waals surface area contributed by atoms with Crippen LogP contribution in [0.15, 0.2) is 0 Å². The molecule has 0 amide bonds. The van der Waals surface area contributed by atoms with E-state index in [-0.39, 0.29) is 18.8 Å². The van der Waals surface area contributed by atoms with Gasteiger partial charge >= 0.3 is 5.97 Å². The van der Waals surface area contributed by atoms with Gasteiger partial charge in [0.25, 0.3) is 0 Å². The highest BCUT2D eigenvalue weighted by molar-refractivity contribution is 5.70. The standard InChI is InChI=1S/C7H12O4/c8-6(9)5-1-3-7(10,11)4-2-5/h5,10-11H,1-4H2,(H,8,9). The Balaban J connectivity index is 2.42. The quantitative estimate of drug-likeness (QED) is 0.470. The lowest BCUT2D eigenvalue weighted by atomic mass is 9.85. The molecule has 0 heterocycles. The number of carboxylic acid groups (broad SMARTS) is 1. The predicted molar refractivity (Wildman–Crippen MR) is 36.8 cm³/mol. The van der Waals surface area contributed by atoms with Crippen molar-refractivity contribution in [1.29, 1.82) is 0 Å². The SMILES string of the molecule is O=C(O)C1CCC(O)(O)CC1. The number of aliphatic hydroxyl groups is 2. The second-order valence-electron chi connectivity index (χ2n) is 3.09. The molecule has 64 valence electrons. The van der Waals surface area contributed by atoms with Crippen molar-refractivity contribution in [1.82, 2.24) is 0 Å². The molecule has 1 saturated carbocycles. The zero-order valence-electron chi connectivity index (χ0n) is 6.16. The Hall–Kier alpha value is -0.610. The predicted octanol–water partition coefficient (Wildman–Crippen LogP) is -0.0579. The Kier molecular flexibility index (Phi) is 2.15. The molecule has 11 heavy (non-hydrogen) atoms. The summed E-state index contributed by atoms with van der Waals surface area (Å²) in [6.45, 7) is 0. The van der Waals surface area contributed by atoms with Gasteiger partial charge in [0.05, 0.1) is 5.92 Å². The summed E-state index contributed by atoms with van der Waals surface area (Å²) in [6, 6.07) is 0. The third-order valence-electron chi connectivity index (χ3n) is 2.14. The van der Waals surface area contributed by atoms with Crippen molar-refractivity contribution in [2.24, 2.45) is 5.92 Å². The van der Waals surface area contributed by atoms with Gasteiger partial charge in [-0.2, -0.15) is 0 Å². The van der Waals surface area contributed by atoms with Crippen LogP contribution in [0.4, 0.5) is 0 Å². The van der Waals surface area contributed by atoms with Crippen molar-refractivity contribution in [2.75, 3.05) is 0 Å². The summed E-state index contributed by atoms with van der Waals surface area (Å²) in [6.07, 6.45) is 1.07. The van der Waals surface area contributed by atoms with Crippen LogP contribution in [0, 0.1) is 5.92 Å². The molecule has 1 aliphatic rings. The fourth-order valence-corrected chi connectivity index (χ4v) is 1.33. The Bertz CT molecular complexity index is 154. The summed E-state index contributed by atoms with van der Waals surface area (Å²) >= 11 is 0. The molecule has 0 atom stereocenters. The first kappa shape index (κ1) is 8.49. The molecule has 0 aromatic heterocycles. The van der Waals surface area contributed by atoms with Crippen LogP contribution >= 0.6 is 0 Å². The van der Waals surface area contributed by atoms with Crippen LogP contribution in [0.2, 0.25) is 0 Å². The lowest BCUT2D eigenvalue weighted by Gasteiger charge is -2.29. The zero-order valence-corrected chi connectivity index (χ0v) is 6.16. The minimum absolute atomic E-state index is 0.171. The van der Waals surface area contributed by atoms with E-state index in [1.807, 2.05) is 0 Å². The maximum absolute atomic E-state index is 10.4. The van der Waals surface area contributed by atoms with E-state index in [0.29, 0.717) is 12.8 Å². The van der Waals surface area contributed by atoms with Gasteiger partial charge in [0.1, 0.15) is 0 Å². The molecular weight excluding hydrogens is 148 g/mol. The van der Waals surface area contributed by atoms with E-state index in [1.165, 1.54) is 0 Å². The molecule has 4 heteroatoms. The first-order valence-corrected chi connectivity index (χ1v) is 3.69. The third-order valence-corrected chi connectivity index (χ3v) is 2.14. The normalized spacial score (nSPS) is 24.9. The smallest absolute Gasteiger partial charge is 0.306 e. The minimum Gasteiger partial charge on any atom is -0.481 e. The van der Waals surface area contributed by atoms with Gasteiger partial charge in [-0.1, -0.05) is 0 Å². The number of carbonyl (C=O) groups is 1. The highest BCUT2D eigenvalue weighted by Gasteiger charge is 2.33. The van der Waals surface area contributed by atoms with Crippen molar-refractivity contribution < 1.29 is 20.1 Å². The van der Waals surface area contributed by atoms with Crippen LogP contribution in [0.5, 0.6) is 0 Å². The zero-order chi connectivity index (χ0) is 8.48. The molecule has 3 N–H and O–H groups in total. The fraction of sp³-hybridized carbons (Fsp3) is 0.857. The van der Waals surface area contributed by atoms with E-state index in [4.69, 9.17) is 15.3 Å². The summed E-state index contributed by atoms with van der Waals surface area (Å²) in [4.78, 5) is 10.4. The van der Waals surface area contributed by atoms with E-state index in [2.05, 4.69) is 0 Å². The van der Waals surface area contributed by atoms with Crippen molar-refractivity contribution in [3.05, 3.63) is 0 Å². The van der Waals surface area contributed by atoms with Crippen LogP contribution < -0.4 is 0 Å². The van der Waals surface area contributed by atoms with Gasteiger partial charge in [0, 0.05) is 12.8 Å². The number of hydrogen-bond acceptors (Lipinski definition) is 3. The monoisotopic (exact) mass is 160 g/mol. The number of carboxylic acids is 1. The molecule has 1 rings (SSSR count). The third kappa shape index (κ3) is 2.17. The summed E-state index contributed by atoms with van der Waals surface area (Å²) in [7, 11) is 0. The number of hydrogen-bond donors (Lipinski definition) is 3. The lowest BCUT2D eigenvalue weighted by molar-refractivity contribution is -0.189. The van der Waals surface area contributed by atoms with Crippen LogP contribution in [-0.2, 0) is 4.79 Å². The Morgan fingerprint density at radius 2 is 1.73 bits per heavy atom. The molecule has 0 aromatic carbocycles. The second kappa shape index (κ2) is 2.79. The van der Waals surface area contributed by atoms with Gasteiger partial charge in [0.15, 0.2) is 5.79 Å². The summed E-state index contributed by atoms with van der Waals surface area (Å²) in [5, 5.41) is 26.6. The largest absolute Gasteiger partial charge is 0.481 e. The van der Waals surface area contributed by atoms with E-state index in [0.717, 1.165) is 0 Å². The molecule has 0 bridgehead atoms. The first-order valence-electron chi connectivity index (χ1n) is 3.69. The molecule has 0 aliphatic heterocycles. The van der Waals surface area contributed by atoms with Gasteiger partial charge in [-0.05, 0) is 12.8 Å². The molecule has 0 saturated heterocycles. The minimum atomic E-state index is -1.62. The van der Waals surface area contributed by atoms with E-state index in [9.17, 15) is 4.79 Å². The van der Waals surface area contributed by atoms with Gasteiger partial charge in [-0.15, -0.1) is 0 Å². The van der Waals surface area contributed by atoms with Gasteiger partial charge in [0.2, 0.25) is 0 Å². The topological polar surface area (TPSA) is 77.8 Å². The van der Waals surface area contributed by atoms with E-state index >= 15 is 0 Å². The Morgan fingerprint density at radius 1 is 1.27 bits per heavy atom. The molecule has 0 spiro atoms. The maximum atomic E-state index is 10.4. The molecular formula is C7H12O4. The average molecular weight is 160 g/mol. The summed E-state index contributed by atoms with van der Waals surface area (Å²) in [5.41, 5.74) is 0. The van der Waals surface area contributed by atoms with Crippen molar-refractivity contribution in [2.45, 2.75) is 31.5 Å². The van der Waals surface area contributed by atoms with E-state index in [1.54, 1.807) is 0 Å². The molecule has 0 unspecified atom stereocenters. The molecule has 0 radical (unpaired) electrons. The van der Waals surface area contributed by atoms with Gasteiger partial charge in [-0.25, -0.2) is 0 Å². The summed E-state index contributed by atoms with van der Waals surface area (Å²) in [5.74, 6) is -2.84. The highest BCUT2D eigenvalue weighted by Crippen LogP contribution is 2.29. The molecule has 1 fully saturated rings. The maximum Gasteiger partial charge on any atom is 0.306 e. The van der Waals surface area contributed by atoms with Gasteiger partial charge in [-0.3, -0.25) is 4.79 Å². The fourth-order valence-electron chi connectivity index (χ4n) is 1.33. The van der Waals surface area contributed by atoms with Crippen LogP contribution in [0.25, 0.3) is 0 Å². The number of rotatable bonds is 1. The van der Waals surface area contributed by atoms with Crippen molar-refractivity contribution in [3.8, 4) is 0 Å². The van der Waals surface area contributed by atoms with E-state index < -0.39 is 11.8 Å². The molecule has 1 aliphatic carbocycles. The molecule has 4 nitrogen and oxygen atoms in total. The van der Waals surface area contributed by atoms with Crippen LogP contribution in [-0.4, -0.2) is 27.1 Å². The van der Waals surface area contributed by atoms with Crippen molar-refractivity contribution in [3.63, 3.8) is 0 Å². The number of aliphatic carboxylic acids is 1. The Labute approximate surface area is 64.5 Å². The van der Waals surface area contributed by atoms with Crippen LogP contribution in [0.1, 0.15) is 25.7 Å². The average Bonchev–Trinajstić information content (AvgIpc) is 1.86. The second-order valence-corrected chi connectivity index (χ2v) is 3.09. The first-order chi connectivity index (χ1) is 5.01. The highest BCUT2D eigenvalue weighted by atomic mass is 16.5.